The van der Waals surface area contributed by atoms with Gasteiger partial charge >= 0.3 is 0 Å². The molecule has 0 saturated heterocycles. The van der Waals surface area contributed by atoms with E-state index in [1.54, 1.807) is 6.20 Å². The first-order valence-corrected chi connectivity index (χ1v) is 5.16. The number of halogens is 1. The van der Waals surface area contributed by atoms with E-state index in [9.17, 15) is 0 Å². The van der Waals surface area contributed by atoms with Crippen molar-refractivity contribution in [1.82, 2.24) is 5.32 Å². The first kappa shape index (κ1) is 10.8. The Morgan fingerprint density at radius 1 is 1.50 bits per heavy atom. The molecule has 0 heterocycles. The van der Waals surface area contributed by atoms with Crippen LogP contribution >= 0.6 is 15.9 Å². The zero-order chi connectivity index (χ0) is 10.4. The van der Waals surface area contributed by atoms with Crippen molar-refractivity contribution in [2.45, 2.75) is 6.92 Å². The predicted octanol–water partition coefficient (Wildman–Crippen LogP) is 2.92. The summed E-state index contributed by atoms with van der Waals surface area (Å²) in [6, 6.07) is 9.83. The van der Waals surface area contributed by atoms with Crippen LogP contribution in [0.5, 0.6) is 0 Å². The van der Waals surface area contributed by atoms with E-state index in [2.05, 4.69) is 27.3 Å². The number of benzene rings is 1. The Morgan fingerprint density at radius 3 is 2.64 bits per heavy atom. The minimum atomic E-state index is 0.652. The van der Waals surface area contributed by atoms with Crippen molar-refractivity contribution >= 4 is 21.5 Å². The van der Waals surface area contributed by atoms with Crippen LogP contribution in [-0.2, 0) is 0 Å². The molecule has 0 spiro atoms. The number of rotatable bonds is 3. The highest BCUT2D eigenvalue weighted by molar-refractivity contribution is 9.10. The Labute approximate surface area is 92.4 Å². The average Bonchev–Trinajstić information content (AvgIpc) is 2.21. The maximum Gasteiger partial charge on any atom is 0.101 e. The quantitative estimate of drug-likeness (QED) is 0.838. The smallest absolute Gasteiger partial charge is 0.101 e. The van der Waals surface area contributed by atoms with E-state index in [1.165, 1.54) is 0 Å². The molecular formula is C11H11BrN2. The molecule has 2 nitrogen and oxygen atoms in total. The molecule has 0 aliphatic heterocycles. The van der Waals surface area contributed by atoms with Crippen LogP contribution in [0.2, 0.25) is 0 Å². The Hall–Kier alpha value is -1.27. The molecule has 0 saturated carbocycles. The van der Waals surface area contributed by atoms with Crippen molar-refractivity contribution in [3.63, 3.8) is 0 Å². The van der Waals surface area contributed by atoms with Gasteiger partial charge in [0.05, 0.1) is 5.57 Å². The topological polar surface area (TPSA) is 35.8 Å². The molecule has 0 fully saturated rings. The summed E-state index contributed by atoms with van der Waals surface area (Å²) < 4.78 is 1.02. The molecule has 0 amide bonds. The van der Waals surface area contributed by atoms with Gasteiger partial charge in [0, 0.05) is 17.2 Å². The average molecular weight is 251 g/mol. The third-order valence-electron chi connectivity index (χ3n) is 1.73. The number of nitrogens with one attached hydrogen (secondary N) is 1. The molecular weight excluding hydrogens is 240 g/mol. The zero-order valence-electron chi connectivity index (χ0n) is 7.92. The van der Waals surface area contributed by atoms with Gasteiger partial charge in [0.1, 0.15) is 6.07 Å². The summed E-state index contributed by atoms with van der Waals surface area (Å²) in [6.45, 7) is 2.81. The van der Waals surface area contributed by atoms with E-state index in [-0.39, 0.29) is 0 Å². The molecule has 1 rings (SSSR count). The van der Waals surface area contributed by atoms with Crippen molar-refractivity contribution in [2.75, 3.05) is 6.54 Å². The van der Waals surface area contributed by atoms with Gasteiger partial charge in [-0.1, -0.05) is 28.1 Å². The van der Waals surface area contributed by atoms with Crippen molar-refractivity contribution in [2.24, 2.45) is 0 Å². The van der Waals surface area contributed by atoms with E-state index in [0.717, 1.165) is 16.6 Å². The maximum absolute atomic E-state index is 8.91. The molecule has 0 aliphatic carbocycles. The standard InChI is InChI=1S/C11H11BrN2/c1-2-14-8-10(7-13)9-3-5-11(12)6-4-9/h3-6,8,14H,2H2,1H3. The summed E-state index contributed by atoms with van der Waals surface area (Å²) in [5.74, 6) is 0. The van der Waals surface area contributed by atoms with E-state index < -0.39 is 0 Å². The number of allylic oxidation sites excluding steroid dienone is 1. The van der Waals surface area contributed by atoms with Crippen LogP contribution in [0.25, 0.3) is 5.57 Å². The summed E-state index contributed by atoms with van der Waals surface area (Å²) >= 11 is 3.35. The molecule has 3 heteroatoms. The second-order valence-electron chi connectivity index (χ2n) is 2.73. The summed E-state index contributed by atoms with van der Waals surface area (Å²) in [6.07, 6.45) is 1.74. The molecule has 1 aromatic carbocycles. The number of nitriles is 1. The number of hydrogen-bond donors (Lipinski definition) is 1. The lowest BCUT2D eigenvalue weighted by molar-refractivity contribution is 0.922. The molecule has 1 N–H and O–H groups in total. The Morgan fingerprint density at radius 2 is 2.14 bits per heavy atom. The third-order valence-corrected chi connectivity index (χ3v) is 2.25. The summed E-state index contributed by atoms with van der Waals surface area (Å²) in [5.41, 5.74) is 1.58. The van der Waals surface area contributed by atoms with Gasteiger partial charge < -0.3 is 5.32 Å². The highest BCUT2D eigenvalue weighted by atomic mass is 79.9. The van der Waals surface area contributed by atoms with Crippen molar-refractivity contribution < 1.29 is 0 Å². The monoisotopic (exact) mass is 250 g/mol. The van der Waals surface area contributed by atoms with Gasteiger partial charge in [-0.15, -0.1) is 0 Å². The van der Waals surface area contributed by atoms with Crippen LogP contribution in [0.15, 0.2) is 34.9 Å². The summed E-state index contributed by atoms with van der Waals surface area (Å²) in [5, 5.41) is 11.9. The lowest BCUT2D eigenvalue weighted by Crippen LogP contribution is -2.03. The molecule has 0 radical (unpaired) electrons. The van der Waals surface area contributed by atoms with Crippen LogP contribution in [-0.4, -0.2) is 6.54 Å². The molecule has 0 atom stereocenters. The van der Waals surface area contributed by atoms with Gasteiger partial charge in [-0.3, -0.25) is 0 Å². The normalized spacial score (nSPS) is 10.8. The molecule has 72 valence electrons. The van der Waals surface area contributed by atoms with Gasteiger partial charge in [-0.25, -0.2) is 0 Å². The maximum atomic E-state index is 8.91. The van der Waals surface area contributed by atoms with Gasteiger partial charge in [-0.05, 0) is 24.6 Å². The Bertz CT molecular complexity index is 360. The third kappa shape index (κ3) is 2.90. The van der Waals surface area contributed by atoms with E-state index in [1.807, 2.05) is 31.2 Å². The predicted molar refractivity (Wildman–Crippen MR) is 61.4 cm³/mol. The summed E-state index contributed by atoms with van der Waals surface area (Å²) in [7, 11) is 0. The van der Waals surface area contributed by atoms with E-state index in [0.29, 0.717) is 5.57 Å². The van der Waals surface area contributed by atoms with Gasteiger partial charge in [0.15, 0.2) is 0 Å². The molecule has 1 aromatic rings. The van der Waals surface area contributed by atoms with Gasteiger partial charge in [0.2, 0.25) is 0 Å². The van der Waals surface area contributed by atoms with Crippen LogP contribution < -0.4 is 5.32 Å². The Balaban J connectivity index is 2.91. The van der Waals surface area contributed by atoms with Gasteiger partial charge in [-0.2, -0.15) is 5.26 Å². The highest BCUT2D eigenvalue weighted by Crippen LogP contribution is 2.16. The fraction of sp³-hybridized carbons (Fsp3) is 0.182. The van der Waals surface area contributed by atoms with Gasteiger partial charge in [0.25, 0.3) is 0 Å². The van der Waals surface area contributed by atoms with Crippen LogP contribution in [0, 0.1) is 11.3 Å². The van der Waals surface area contributed by atoms with Crippen LogP contribution in [0.3, 0.4) is 0 Å². The SMILES string of the molecule is CCNC=C(C#N)c1ccc(Br)cc1. The highest BCUT2D eigenvalue weighted by Gasteiger charge is 1.98. The zero-order valence-corrected chi connectivity index (χ0v) is 9.51. The van der Waals surface area contributed by atoms with Crippen LogP contribution in [0.4, 0.5) is 0 Å². The molecule has 0 unspecified atom stereocenters. The lowest BCUT2D eigenvalue weighted by Gasteiger charge is -2.00. The minimum Gasteiger partial charge on any atom is -0.390 e. The molecule has 0 aliphatic rings. The van der Waals surface area contributed by atoms with Crippen molar-refractivity contribution in [3.8, 4) is 6.07 Å². The largest absolute Gasteiger partial charge is 0.390 e. The van der Waals surface area contributed by atoms with Crippen molar-refractivity contribution in [1.29, 1.82) is 5.26 Å². The van der Waals surface area contributed by atoms with E-state index >= 15 is 0 Å². The molecule has 0 aromatic heterocycles. The van der Waals surface area contributed by atoms with Crippen molar-refractivity contribution in [3.05, 3.63) is 40.5 Å². The summed E-state index contributed by atoms with van der Waals surface area (Å²) in [4.78, 5) is 0. The first-order valence-electron chi connectivity index (χ1n) is 4.37. The van der Waals surface area contributed by atoms with E-state index in [4.69, 9.17) is 5.26 Å². The first-order chi connectivity index (χ1) is 6.77. The Kier molecular flexibility index (Phi) is 4.21. The second-order valence-corrected chi connectivity index (χ2v) is 3.65. The van der Waals surface area contributed by atoms with Crippen LogP contribution in [0.1, 0.15) is 12.5 Å². The number of hydrogen-bond acceptors (Lipinski definition) is 2. The molecule has 0 bridgehead atoms. The molecule has 14 heavy (non-hydrogen) atoms. The second kappa shape index (κ2) is 5.46. The minimum absolute atomic E-state index is 0.652. The lowest BCUT2D eigenvalue weighted by atomic mass is 10.1. The number of nitrogens with zero attached hydrogens (tertiary/aromatic N) is 1. The fourth-order valence-electron chi connectivity index (χ4n) is 1.01. The fourth-order valence-corrected chi connectivity index (χ4v) is 1.28.